The van der Waals surface area contributed by atoms with Crippen molar-refractivity contribution in [2.45, 2.75) is 12.8 Å². The Morgan fingerprint density at radius 1 is 1.35 bits per heavy atom. The number of hydrogen-bond donors (Lipinski definition) is 1. The average Bonchev–Trinajstić information content (AvgIpc) is 2.55. The van der Waals surface area contributed by atoms with Crippen molar-refractivity contribution in [2.75, 3.05) is 39.8 Å². The van der Waals surface area contributed by atoms with E-state index in [0.717, 1.165) is 38.5 Å². The van der Waals surface area contributed by atoms with Crippen molar-refractivity contribution in [3.8, 4) is 5.75 Å². The largest absolute Gasteiger partial charge is 0.494 e. The van der Waals surface area contributed by atoms with Crippen LogP contribution in [-0.2, 0) is 0 Å². The Balaban J connectivity index is 2.04. The van der Waals surface area contributed by atoms with Crippen LogP contribution in [0.25, 0.3) is 0 Å². The molecule has 1 unspecified atom stereocenters. The van der Waals surface area contributed by atoms with E-state index in [1.807, 2.05) is 6.92 Å². The fraction of sp³-hybridized carbons (Fsp3) is 0.571. The van der Waals surface area contributed by atoms with Gasteiger partial charge >= 0.3 is 0 Å². The Morgan fingerprint density at radius 3 is 2.82 bits per heavy atom. The van der Waals surface area contributed by atoms with Gasteiger partial charge in [-0.05, 0) is 31.7 Å². The number of ether oxygens (including phenoxy) is 1. The molecule has 3 nitrogen and oxygen atoms in total. The van der Waals surface area contributed by atoms with Crippen molar-refractivity contribution in [3.63, 3.8) is 0 Å². The van der Waals surface area contributed by atoms with E-state index in [-0.39, 0.29) is 0 Å². The summed E-state index contributed by atoms with van der Waals surface area (Å²) in [6.45, 7) is 7.15. The molecule has 1 aliphatic rings. The third kappa shape index (κ3) is 3.45. The van der Waals surface area contributed by atoms with Crippen molar-refractivity contribution < 1.29 is 4.74 Å². The van der Waals surface area contributed by atoms with Gasteiger partial charge in [0.1, 0.15) is 5.75 Å². The van der Waals surface area contributed by atoms with E-state index >= 15 is 0 Å². The van der Waals surface area contributed by atoms with Gasteiger partial charge in [-0.15, -0.1) is 0 Å². The third-order valence-corrected chi connectivity index (χ3v) is 3.26. The van der Waals surface area contributed by atoms with Crippen molar-refractivity contribution in [1.82, 2.24) is 10.2 Å². The molecule has 0 bridgehead atoms. The Kier molecular flexibility index (Phi) is 4.40. The molecule has 1 N–H and O–H groups in total. The molecule has 1 saturated heterocycles. The van der Waals surface area contributed by atoms with E-state index in [1.165, 1.54) is 5.56 Å². The van der Waals surface area contributed by atoms with Crippen LogP contribution in [0.3, 0.4) is 0 Å². The van der Waals surface area contributed by atoms with Gasteiger partial charge < -0.3 is 15.0 Å². The minimum atomic E-state index is 0.582. The number of nitrogens with zero attached hydrogens (tertiary/aromatic N) is 1. The van der Waals surface area contributed by atoms with Crippen LogP contribution in [0.2, 0.25) is 0 Å². The Morgan fingerprint density at radius 2 is 2.12 bits per heavy atom. The maximum absolute atomic E-state index is 5.47. The van der Waals surface area contributed by atoms with E-state index < -0.39 is 0 Å². The highest BCUT2D eigenvalue weighted by Crippen LogP contribution is 2.20. The maximum Gasteiger partial charge on any atom is 0.119 e. The normalized spacial score (nSPS) is 22.1. The molecule has 0 radical (unpaired) electrons. The predicted molar refractivity (Wildman–Crippen MR) is 70.7 cm³/mol. The number of nitrogens with one attached hydrogen (secondary N) is 1. The standard InChI is InChI=1S/C14H22N2O/c1-3-17-14-6-4-12(5-7-14)13-10-15-8-9-16(2)11-13/h4-7,13,15H,3,8-11H2,1-2H3. The van der Waals surface area contributed by atoms with Crippen molar-refractivity contribution in [3.05, 3.63) is 29.8 Å². The van der Waals surface area contributed by atoms with Crippen molar-refractivity contribution >= 4 is 0 Å². The van der Waals surface area contributed by atoms with Crippen LogP contribution in [0.1, 0.15) is 18.4 Å². The molecule has 1 atom stereocenters. The van der Waals surface area contributed by atoms with Gasteiger partial charge in [0.25, 0.3) is 0 Å². The van der Waals surface area contributed by atoms with Gasteiger partial charge in [0.15, 0.2) is 0 Å². The fourth-order valence-electron chi connectivity index (χ4n) is 2.30. The molecular weight excluding hydrogens is 212 g/mol. The van der Waals surface area contributed by atoms with E-state index in [0.29, 0.717) is 5.92 Å². The van der Waals surface area contributed by atoms with Gasteiger partial charge in [0.2, 0.25) is 0 Å². The molecule has 0 aromatic heterocycles. The molecule has 1 heterocycles. The van der Waals surface area contributed by atoms with Crippen LogP contribution in [0.15, 0.2) is 24.3 Å². The van der Waals surface area contributed by atoms with Gasteiger partial charge in [-0.2, -0.15) is 0 Å². The Hall–Kier alpha value is -1.06. The van der Waals surface area contributed by atoms with Crippen LogP contribution >= 0.6 is 0 Å². The zero-order valence-corrected chi connectivity index (χ0v) is 10.8. The topological polar surface area (TPSA) is 24.5 Å². The maximum atomic E-state index is 5.47. The summed E-state index contributed by atoms with van der Waals surface area (Å²) in [6, 6.07) is 8.53. The Labute approximate surface area is 104 Å². The SMILES string of the molecule is CCOc1ccc(C2CNCCN(C)C2)cc1. The monoisotopic (exact) mass is 234 g/mol. The minimum absolute atomic E-state index is 0.582. The summed E-state index contributed by atoms with van der Waals surface area (Å²) in [6.07, 6.45) is 0. The molecule has 2 rings (SSSR count). The third-order valence-electron chi connectivity index (χ3n) is 3.26. The lowest BCUT2D eigenvalue weighted by atomic mass is 9.99. The zero-order chi connectivity index (χ0) is 12.1. The fourth-order valence-corrected chi connectivity index (χ4v) is 2.30. The lowest BCUT2D eigenvalue weighted by Gasteiger charge is -2.20. The van der Waals surface area contributed by atoms with E-state index in [1.54, 1.807) is 0 Å². The molecule has 17 heavy (non-hydrogen) atoms. The highest BCUT2D eigenvalue weighted by atomic mass is 16.5. The van der Waals surface area contributed by atoms with Crippen LogP contribution in [-0.4, -0.2) is 44.7 Å². The summed E-state index contributed by atoms with van der Waals surface area (Å²) in [7, 11) is 2.19. The summed E-state index contributed by atoms with van der Waals surface area (Å²) < 4.78 is 5.47. The van der Waals surface area contributed by atoms with Crippen LogP contribution in [0.5, 0.6) is 5.75 Å². The molecule has 1 fully saturated rings. The lowest BCUT2D eigenvalue weighted by molar-refractivity contribution is 0.337. The summed E-state index contributed by atoms with van der Waals surface area (Å²) in [4.78, 5) is 2.39. The second-order valence-electron chi connectivity index (χ2n) is 4.67. The number of rotatable bonds is 3. The minimum Gasteiger partial charge on any atom is -0.494 e. The smallest absolute Gasteiger partial charge is 0.119 e. The first-order chi connectivity index (χ1) is 8.29. The van der Waals surface area contributed by atoms with E-state index in [9.17, 15) is 0 Å². The Bertz CT molecular complexity index is 337. The number of benzene rings is 1. The van der Waals surface area contributed by atoms with E-state index in [2.05, 4.69) is 41.5 Å². The van der Waals surface area contributed by atoms with Crippen LogP contribution < -0.4 is 10.1 Å². The van der Waals surface area contributed by atoms with Crippen LogP contribution in [0.4, 0.5) is 0 Å². The molecule has 1 aromatic rings. The molecule has 0 spiro atoms. The summed E-state index contributed by atoms with van der Waals surface area (Å²) in [5.74, 6) is 1.55. The van der Waals surface area contributed by atoms with Gasteiger partial charge in [-0.25, -0.2) is 0 Å². The molecule has 1 aromatic carbocycles. The average molecular weight is 234 g/mol. The van der Waals surface area contributed by atoms with Gasteiger partial charge in [0, 0.05) is 32.1 Å². The summed E-state index contributed by atoms with van der Waals surface area (Å²) in [5.41, 5.74) is 1.40. The van der Waals surface area contributed by atoms with E-state index in [4.69, 9.17) is 4.74 Å². The predicted octanol–water partition coefficient (Wildman–Crippen LogP) is 1.70. The molecule has 0 saturated carbocycles. The summed E-state index contributed by atoms with van der Waals surface area (Å²) >= 11 is 0. The van der Waals surface area contributed by atoms with Gasteiger partial charge in [0.05, 0.1) is 6.61 Å². The first-order valence-corrected chi connectivity index (χ1v) is 6.41. The highest BCUT2D eigenvalue weighted by molar-refractivity contribution is 5.30. The van der Waals surface area contributed by atoms with Gasteiger partial charge in [-0.1, -0.05) is 12.1 Å². The highest BCUT2D eigenvalue weighted by Gasteiger charge is 2.16. The molecule has 3 heteroatoms. The zero-order valence-electron chi connectivity index (χ0n) is 10.8. The van der Waals surface area contributed by atoms with Crippen molar-refractivity contribution in [2.24, 2.45) is 0 Å². The lowest BCUT2D eigenvalue weighted by Crippen LogP contribution is -2.24. The molecule has 0 aliphatic carbocycles. The summed E-state index contributed by atoms with van der Waals surface area (Å²) in [5, 5.41) is 3.49. The molecular formula is C14H22N2O. The van der Waals surface area contributed by atoms with Crippen LogP contribution in [0, 0.1) is 0 Å². The number of hydrogen-bond acceptors (Lipinski definition) is 3. The number of likely N-dealkylation sites (N-methyl/N-ethyl adjacent to an activating group) is 1. The van der Waals surface area contributed by atoms with Gasteiger partial charge in [-0.3, -0.25) is 0 Å². The molecule has 0 amide bonds. The quantitative estimate of drug-likeness (QED) is 0.861. The molecule has 1 aliphatic heterocycles. The van der Waals surface area contributed by atoms with Crippen molar-refractivity contribution in [1.29, 1.82) is 0 Å². The second kappa shape index (κ2) is 6.03. The second-order valence-corrected chi connectivity index (χ2v) is 4.67. The first-order valence-electron chi connectivity index (χ1n) is 6.41. The molecule has 94 valence electrons. The first kappa shape index (κ1) is 12.4.